The lowest BCUT2D eigenvalue weighted by atomic mass is 10.2. The van der Waals surface area contributed by atoms with E-state index in [1.165, 1.54) is 23.5 Å². The normalized spacial score (nSPS) is 13.8. The van der Waals surface area contributed by atoms with Crippen molar-refractivity contribution in [3.05, 3.63) is 43.9 Å². The topological polar surface area (TPSA) is 117 Å². The molecule has 0 unspecified atom stereocenters. The number of nitrogens with one attached hydrogen (secondary N) is 2. The van der Waals surface area contributed by atoms with Gasteiger partial charge in [0, 0.05) is 36.5 Å². The monoisotopic (exact) mass is 395 g/mol. The number of nitro groups is 1. The Morgan fingerprint density at radius 1 is 1.35 bits per heavy atom. The maximum absolute atomic E-state index is 12.1. The maximum Gasteiger partial charge on any atom is 0.315 e. The van der Waals surface area contributed by atoms with Crippen LogP contribution in [0, 0.1) is 10.1 Å². The average Bonchev–Trinajstić information content (AvgIpc) is 2.97. The Hall–Kier alpha value is -2.56. The summed E-state index contributed by atoms with van der Waals surface area (Å²) < 4.78 is 0. The third kappa shape index (κ3) is 3.98. The highest BCUT2D eigenvalue weighted by molar-refractivity contribution is 7.16. The first-order valence-corrected chi connectivity index (χ1v) is 8.76. The molecule has 3 rings (SSSR count). The second-order valence-corrected chi connectivity index (χ2v) is 7.20. The van der Waals surface area contributed by atoms with E-state index < -0.39 is 16.7 Å². The van der Waals surface area contributed by atoms with Gasteiger partial charge >= 0.3 is 11.8 Å². The fourth-order valence-corrected chi connectivity index (χ4v) is 3.68. The summed E-state index contributed by atoms with van der Waals surface area (Å²) in [5.41, 5.74) is 0.661. The first-order valence-electron chi connectivity index (χ1n) is 7.57. The molecule has 1 aromatic heterocycles. The molecular formula is C15H14ClN5O4S. The van der Waals surface area contributed by atoms with Crippen molar-refractivity contribution in [1.82, 2.24) is 9.88 Å². The fraction of sp³-hybridized carbons (Fsp3) is 0.267. The molecule has 0 bridgehead atoms. The van der Waals surface area contributed by atoms with Gasteiger partial charge < -0.3 is 10.2 Å². The molecule has 1 aromatic carbocycles. The predicted molar refractivity (Wildman–Crippen MR) is 97.5 cm³/mol. The molecule has 2 heterocycles. The summed E-state index contributed by atoms with van der Waals surface area (Å²) in [4.78, 5) is 41.9. The van der Waals surface area contributed by atoms with Crippen LogP contribution < -0.4 is 10.6 Å². The zero-order valence-electron chi connectivity index (χ0n) is 13.6. The Morgan fingerprint density at radius 2 is 2.08 bits per heavy atom. The SMILES string of the molecule is CN1CCc2nc(NC(=O)C(=O)Nc3cc([N+](=O)[O-])ccc3Cl)sc2C1. The molecule has 1 aliphatic heterocycles. The van der Waals surface area contributed by atoms with Gasteiger partial charge in [0.2, 0.25) is 0 Å². The fourth-order valence-electron chi connectivity index (χ4n) is 2.43. The van der Waals surface area contributed by atoms with Gasteiger partial charge in [0.15, 0.2) is 5.13 Å². The first-order chi connectivity index (χ1) is 12.3. The number of amides is 2. The molecular weight excluding hydrogens is 382 g/mol. The minimum absolute atomic E-state index is 0.0129. The molecule has 0 atom stereocenters. The highest BCUT2D eigenvalue weighted by atomic mass is 35.5. The number of non-ortho nitro benzene ring substituents is 1. The number of carbonyl (C=O) groups excluding carboxylic acids is 2. The van der Waals surface area contributed by atoms with Crippen LogP contribution in [0.2, 0.25) is 5.02 Å². The van der Waals surface area contributed by atoms with Crippen molar-refractivity contribution in [3.63, 3.8) is 0 Å². The number of nitro benzene ring substituents is 1. The van der Waals surface area contributed by atoms with Crippen LogP contribution in [0.25, 0.3) is 0 Å². The number of rotatable bonds is 3. The lowest BCUT2D eigenvalue weighted by Gasteiger charge is -2.20. The van der Waals surface area contributed by atoms with Crippen molar-refractivity contribution in [2.75, 3.05) is 24.2 Å². The van der Waals surface area contributed by atoms with Crippen LogP contribution in [0.3, 0.4) is 0 Å². The second kappa shape index (κ2) is 7.36. The molecule has 136 valence electrons. The molecule has 2 amide bonds. The summed E-state index contributed by atoms with van der Waals surface area (Å²) in [5, 5.41) is 16.0. The number of benzene rings is 1. The number of thiazole rings is 1. The van der Waals surface area contributed by atoms with E-state index in [1.807, 2.05) is 7.05 Å². The summed E-state index contributed by atoms with van der Waals surface area (Å²) in [5.74, 6) is -1.91. The number of nitrogens with zero attached hydrogens (tertiary/aromatic N) is 3. The number of hydrogen-bond acceptors (Lipinski definition) is 7. The Balaban J connectivity index is 1.68. The van der Waals surface area contributed by atoms with E-state index in [0.29, 0.717) is 5.13 Å². The van der Waals surface area contributed by atoms with E-state index in [0.717, 1.165) is 36.1 Å². The van der Waals surface area contributed by atoms with Crippen LogP contribution in [-0.4, -0.2) is 40.2 Å². The third-order valence-electron chi connectivity index (χ3n) is 3.76. The number of aromatic nitrogens is 1. The molecule has 1 aliphatic rings. The molecule has 0 aliphatic carbocycles. The lowest BCUT2D eigenvalue weighted by Crippen LogP contribution is -2.29. The number of carbonyl (C=O) groups is 2. The molecule has 26 heavy (non-hydrogen) atoms. The van der Waals surface area contributed by atoms with Gasteiger partial charge in [-0.25, -0.2) is 4.98 Å². The number of halogens is 1. The van der Waals surface area contributed by atoms with Gasteiger partial charge in [-0.1, -0.05) is 11.6 Å². The van der Waals surface area contributed by atoms with Crippen molar-refractivity contribution in [1.29, 1.82) is 0 Å². The minimum atomic E-state index is -0.988. The Labute approximate surface area is 157 Å². The van der Waals surface area contributed by atoms with Crippen LogP contribution >= 0.6 is 22.9 Å². The maximum atomic E-state index is 12.1. The molecule has 0 saturated carbocycles. The minimum Gasteiger partial charge on any atom is -0.316 e. The van der Waals surface area contributed by atoms with E-state index >= 15 is 0 Å². The Kier molecular flexibility index (Phi) is 5.16. The third-order valence-corrected chi connectivity index (χ3v) is 5.09. The quantitative estimate of drug-likeness (QED) is 0.467. The number of fused-ring (bicyclic) bond motifs is 1. The van der Waals surface area contributed by atoms with Crippen molar-refractivity contribution in [2.45, 2.75) is 13.0 Å². The van der Waals surface area contributed by atoms with Crippen molar-refractivity contribution in [2.24, 2.45) is 0 Å². The second-order valence-electron chi connectivity index (χ2n) is 5.71. The van der Waals surface area contributed by atoms with Crippen molar-refractivity contribution < 1.29 is 14.5 Å². The molecule has 0 saturated heterocycles. The summed E-state index contributed by atoms with van der Waals surface area (Å²) in [6.45, 7) is 1.63. The van der Waals surface area contributed by atoms with Crippen LogP contribution in [0.15, 0.2) is 18.2 Å². The predicted octanol–water partition coefficient (Wildman–Crippen LogP) is 2.27. The van der Waals surface area contributed by atoms with Crippen molar-refractivity contribution in [3.8, 4) is 0 Å². The summed E-state index contributed by atoms with van der Waals surface area (Å²) >= 11 is 7.23. The van der Waals surface area contributed by atoms with Gasteiger partial charge in [-0.15, -0.1) is 11.3 Å². The molecule has 0 fully saturated rings. The molecule has 0 radical (unpaired) electrons. The summed E-state index contributed by atoms with van der Waals surface area (Å²) in [7, 11) is 2.00. The van der Waals surface area contributed by atoms with Gasteiger partial charge in [0.25, 0.3) is 5.69 Å². The van der Waals surface area contributed by atoms with Crippen LogP contribution in [-0.2, 0) is 22.6 Å². The van der Waals surface area contributed by atoms with E-state index in [4.69, 9.17) is 11.6 Å². The number of anilines is 2. The molecule has 2 N–H and O–H groups in total. The van der Waals surface area contributed by atoms with Gasteiger partial charge in [0.1, 0.15) is 0 Å². The standard InChI is InChI=1S/C15H14ClN5O4S/c1-20-5-4-10-12(7-20)26-15(18-10)19-14(23)13(22)17-11-6-8(21(24)25)2-3-9(11)16/h2-3,6H,4-5,7H2,1H3,(H,17,22)(H,18,19,23). The smallest absolute Gasteiger partial charge is 0.315 e. The highest BCUT2D eigenvalue weighted by Crippen LogP contribution is 2.28. The Morgan fingerprint density at radius 3 is 2.81 bits per heavy atom. The summed E-state index contributed by atoms with van der Waals surface area (Å²) in [6, 6.07) is 3.57. The first kappa shape index (κ1) is 18.2. The van der Waals surface area contributed by atoms with Gasteiger partial charge in [0.05, 0.1) is 21.3 Å². The zero-order valence-corrected chi connectivity index (χ0v) is 15.2. The average molecular weight is 396 g/mol. The van der Waals surface area contributed by atoms with Gasteiger partial charge in [-0.2, -0.15) is 0 Å². The largest absolute Gasteiger partial charge is 0.316 e. The zero-order chi connectivity index (χ0) is 18.8. The van der Waals surface area contributed by atoms with Crippen LogP contribution in [0.5, 0.6) is 0 Å². The molecule has 11 heteroatoms. The van der Waals surface area contributed by atoms with E-state index in [2.05, 4.69) is 20.5 Å². The molecule has 9 nitrogen and oxygen atoms in total. The summed E-state index contributed by atoms with van der Waals surface area (Å²) in [6.07, 6.45) is 0.785. The van der Waals surface area contributed by atoms with Crippen LogP contribution in [0.4, 0.5) is 16.5 Å². The van der Waals surface area contributed by atoms with Crippen molar-refractivity contribution >= 4 is 51.3 Å². The Bertz CT molecular complexity index is 900. The molecule has 0 spiro atoms. The van der Waals surface area contributed by atoms with E-state index in [1.54, 1.807) is 0 Å². The lowest BCUT2D eigenvalue weighted by molar-refractivity contribution is -0.384. The number of hydrogen-bond donors (Lipinski definition) is 2. The highest BCUT2D eigenvalue weighted by Gasteiger charge is 2.22. The molecule has 2 aromatic rings. The van der Waals surface area contributed by atoms with E-state index in [-0.39, 0.29) is 16.4 Å². The van der Waals surface area contributed by atoms with Gasteiger partial charge in [-0.05, 0) is 13.1 Å². The van der Waals surface area contributed by atoms with E-state index in [9.17, 15) is 19.7 Å². The van der Waals surface area contributed by atoms with Gasteiger partial charge in [-0.3, -0.25) is 25.0 Å². The number of likely N-dealkylation sites (N-methyl/N-ethyl adjacent to an activating group) is 1. The van der Waals surface area contributed by atoms with Crippen LogP contribution in [0.1, 0.15) is 10.6 Å².